The fourth-order valence-electron chi connectivity index (χ4n) is 1.45. The van der Waals surface area contributed by atoms with Crippen molar-refractivity contribution in [1.82, 2.24) is 0 Å². The van der Waals surface area contributed by atoms with Crippen molar-refractivity contribution in [2.45, 2.75) is 12.8 Å². The average molecular weight is 215 g/mol. The molecule has 0 saturated carbocycles. The lowest BCUT2D eigenvalue weighted by molar-refractivity contribution is -0.116. The minimum absolute atomic E-state index is 0.0289. The summed E-state index contributed by atoms with van der Waals surface area (Å²) in [6.45, 7) is 0. The zero-order chi connectivity index (χ0) is 11.2. The first-order valence-electron chi connectivity index (χ1n) is 5.22. The van der Waals surface area contributed by atoms with Gasteiger partial charge in [0.2, 0.25) is 5.91 Å². The van der Waals surface area contributed by atoms with Crippen LogP contribution in [0, 0.1) is 0 Å². The maximum absolute atomic E-state index is 11.5. The van der Waals surface area contributed by atoms with Crippen molar-refractivity contribution in [2.75, 3.05) is 5.32 Å². The molecule has 0 aliphatic carbocycles. The molecule has 16 heavy (non-hydrogen) atoms. The molecule has 0 atom stereocenters. The Hall–Kier alpha value is -2.03. The van der Waals surface area contributed by atoms with Crippen LogP contribution in [0.3, 0.4) is 0 Å². The van der Waals surface area contributed by atoms with Gasteiger partial charge in [0.05, 0.1) is 6.26 Å². The second kappa shape index (κ2) is 5.16. The molecule has 0 fully saturated rings. The second-order valence-corrected chi connectivity index (χ2v) is 3.51. The van der Waals surface area contributed by atoms with Crippen LogP contribution in [0.4, 0.5) is 5.88 Å². The highest BCUT2D eigenvalue weighted by Gasteiger charge is 2.03. The van der Waals surface area contributed by atoms with Gasteiger partial charge in [-0.1, -0.05) is 30.3 Å². The Morgan fingerprint density at radius 3 is 2.62 bits per heavy atom. The van der Waals surface area contributed by atoms with Crippen LogP contribution in [0.1, 0.15) is 12.0 Å². The molecule has 1 aromatic heterocycles. The molecule has 1 aromatic carbocycles. The van der Waals surface area contributed by atoms with Gasteiger partial charge in [-0.15, -0.1) is 0 Å². The quantitative estimate of drug-likeness (QED) is 0.852. The zero-order valence-electron chi connectivity index (χ0n) is 8.85. The van der Waals surface area contributed by atoms with E-state index in [-0.39, 0.29) is 5.91 Å². The lowest BCUT2D eigenvalue weighted by Gasteiger charge is -2.01. The van der Waals surface area contributed by atoms with E-state index in [1.165, 1.54) is 6.26 Å². The number of aryl methyl sites for hydroxylation is 1. The van der Waals surface area contributed by atoms with Crippen LogP contribution in [0.2, 0.25) is 0 Å². The third kappa shape index (κ3) is 2.98. The van der Waals surface area contributed by atoms with Crippen LogP contribution in [0.15, 0.2) is 53.1 Å². The third-order valence-corrected chi connectivity index (χ3v) is 2.27. The van der Waals surface area contributed by atoms with E-state index in [1.54, 1.807) is 12.1 Å². The largest absolute Gasteiger partial charge is 0.449 e. The Morgan fingerprint density at radius 1 is 1.12 bits per heavy atom. The summed E-state index contributed by atoms with van der Waals surface area (Å²) in [5, 5.41) is 2.69. The molecular formula is C13H13NO2. The number of hydrogen-bond acceptors (Lipinski definition) is 2. The average Bonchev–Trinajstić information content (AvgIpc) is 2.81. The van der Waals surface area contributed by atoms with Crippen molar-refractivity contribution in [3.8, 4) is 0 Å². The van der Waals surface area contributed by atoms with E-state index in [0.29, 0.717) is 12.3 Å². The molecule has 0 bridgehead atoms. The summed E-state index contributed by atoms with van der Waals surface area (Å²) >= 11 is 0. The van der Waals surface area contributed by atoms with E-state index in [0.717, 1.165) is 12.0 Å². The van der Waals surface area contributed by atoms with Gasteiger partial charge < -0.3 is 4.42 Å². The van der Waals surface area contributed by atoms with Crippen molar-refractivity contribution in [3.63, 3.8) is 0 Å². The molecule has 0 aliphatic rings. The van der Waals surface area contributed by atoms with Gasteiger partial charge in [0, 0.05) is 12.5 Å². The van der Waals surface area contributed by atoms with Gasteiger partial charge in [0.25, 0.3) is 0 Å². The topological polar surface area (TPSA) is 42.2 Å². The van der Waals surface area contributed by atoms with Gasteiger partial charge in [0.1, 0.15) is 0 Å². The fraction of sp³-hybridized carbons (Fsp3) is 0.154. The molecule has 1 heterocycles. The summed E-state index contributed by atoms with van der Waals surface area (Å²) in [5.41, 5.74) is 1.16. The Labute approximate surface area is 94.1 Å². The molecule has 3 heteroatoms. The van der Waals surface area contributed by atoms with Crippen molar-refractivity contribution in [1.29, 1.82) is 0 Å². The normalized spacial score (nSPS) is 10.0. The van der Waals surface area contributed by atoms with Gasteiger partial charge in [-0.05, 0) is 18.1 Å². The number of carbonyl (C=O) groups is 1. The van der Waals surface area contributed by atoms with Gasteiger partial charge >= 0.3 is 0 Å². The summed E-state index contributed by atoms with van der Waals surface area (Å²) in [7, 11) is 0. The molecule has 0 spiro atoms. The number of amides is 1. The van der Waals surface area contributed by atoms with E-state index in [9.17, 15) is 4.79 Å². The minimum Gasteiger partial charge on any atom is -0.449 e. The monoisotopic (exact) mass is 215 g/mol. The summed E-state index contributed by atoms with van der Waals surface area (Å²) in [6, 6.07) is 13.4. The van der Waals surface area contributed by atoms with Gasteiger partial charge in [-0.3, -0.25) is 10.1 Å². The smallest absolute Gasteiger partial charge is 0.227 e. The van der Waals surface area contributed by atoms with Crippen molar-refractivity contribution >= 4 is 11.8 Å². The highest BCUT2D eigenvalue weighted by molar-refractivity contribution is 5.89. The maximum Gasteiger partial charge on any atom is 0.227 e. The fourth-order valence-corrected chi connectivity index (χ4v) is 1.45. The number of benzene rings is 1. The molecular weight excluding hydrogens is 202 g/mol. The standard InChI is InChI=1S/C13H13NO2/c15-12(14-13-7-4-10-16-13)9-8-11-5-2-1-3-6-11/h1-7,10H,8-9H2,(H,14,15). The van der Waals surface area contributed by atoms with Crippen LogP contribution in [0.5, 0.6) is 0 Å². The Kier molecular flexibility index (Phi) is 3.38. The molecule has 0 saturated heterocycles. The number of carbonyl (C=O) groups excluding carboxylic acids is 1. The Morgan fingerprint density at radius 2 is 1.94 bits per heavy atom. The van der Waals surface area contributed by atoms with E-state index >= 15 is 0 Å². The molecule has 2 rings (SSSR count). The minimum atomic E-state index is -0.0289. The van der Waals surface area contributed by atoms with Crippen molar-refractivity contribution in [2.24, 2.45) is 0 Å². The van der Waals surface area contributed by atoms with Crippen LogP contribution >= 0.6 is 0 Å². The van der Waals surface area contributed by atoms with Gasteiger partial charge in [0.15, 0.2) is 5.88 Å². The van der Waals surface area contributed by atoms with E-state index in [1.807, 2.05) is 30.3 Å². The van der Waals surface area contributed by atoms with E-state index in [2.05, 4.69) is 5.32 Å². The van der Waals surface area contributed by atoms with Gasteiger partial charge in [-0.2, -0.15) is 0 Å². The van der Waals surface area contributed by atoms with Crippen LogP contribution in [-0.4, -0.2) is 5.91 Å². The molecule has 0 unspecified atom stereocenters. The molecule has 0 aliphatic heterocycles. The lowest BCUT2D eigenvalue weighted by atomic mass is 10.1. The number of rotatable bonds is 4. The van der Waals surface area contributed by atoms with Crippen LogP contribution in [0.25, 0.3) is 0 Å². The summed E-state index contributed by atoms with van der Waals surface area (Å²) < 4.78 is 5.02. The molecule has 82 valence electrons. The Bertz CT molecular complexity index is 434. The molecule has 3 nitrogen and oxygen atoms in total. The highest BCUT2D eigenvalue weighted by atomic mass is 16.3. The summed E-state index contributed by atoms with van der Waals surface area (Å²) in [5.74, 6) is 0.469. The molecule has 0 radical (unpaired) electrons. The Balaban J connectivity index is 1.80. The van der Waals surface area contributed by atoms with Crippen molar-refractivity contribution < 1.29 is 9.21 Å². The summed E-state index contributed by atoms with van der Waals surface area (Å²) in [6.07, 6.45) is 2.74. The number of nitrogens with one attached hydrogen (secondary N) is 1. The third-order valence-electron chi connectivity index (χ3n) is 2.27. The van der Waals surface area contributed by atoms with Crippen LogP contribution in [-0.2, 0) is 11.2 Å². The maximum atomic E-state index is 11.5. The predicted octanol–water partition coefficient (Wildman–Crippen LogP) is 2.85. The van der Waals surface area contributed by atoms with Crippen LogP contribution < -0.4 is 5.32 Å². The number of anilines is 1. The number of furan rings is 1. The zero-order valence-corrected chi connectivity index (χ0v) is 8.85. The second-order valence-electron chi connectivity index (χ2n) is 3.51. The first-order chi connectivity index (χ1) is 7.84. The first-order valence-corrected chi connectivity index (χ1v) is 5.22. The SMILES string of the molecule is O=C(CCc1ccccc1)Nc1ccco1. The van der Waals surface area contributed by atoms with Gasteiger partial charge in [-0.25, -0.2) is 0 Å². The van der Waals surface area contributed by atoms with E-state index in [4.69, 9.17) is 4.42 Å². The molecule has 1 amide bonds. The number of hydrogen-bond donors (Lipinski definition) is 1. The molecule has 2 aromatic rings. The molecule has 1 N–H and O–H groups in total. The predicted molar refractivity (Wildman–Crippen MR) is 62.1 cm³/mol. The lowest BCUT2D eigenvalue weighted by Crippen LogP contribution is -2.11. The highest BCUT2D eigenvalue weighted by Crippen LogP contribution is 2.08. The van der Waals surface area contributed by atoms with E-state index < -0.39 is 0 Å². The first kappa shape index (κ1) is 10.5. The summed E-state index contributed by atoms with van der Waals surface area (Å²) in [4.78, 5) is 11.5. The van der Waals surface area contributed by atoms with Crippen molar-refractivity contribution in [3.05, 3.63) is 54.3 Å².